The third kappa shape index (κ3) is 3.58. The van der Waals surface area contributed by atoms with Gasteiger partial charge in [-0.25, -0.2) is 4.98 Å². The Bertz CT molecular complexity index is 850. The monoisotopic (exact) mass is 375 g/mol. The van der Waals surface area contributed by atoms with Crippen LogP contribution in [-0.4, -0.2) is 35.6 Å². The van der Waals surface area contributed by atoms with Crippen LogP contribution in [0.15, 0.2) is 36.5 Å². The van der Waals surface area contributed by atoms with Crippen molar-refractivity contribution >= 4 is 29.2 Å². The summed E-state index contributed by atoms with van der Waals surface area (Å²) in [7, 11) is 0. The van der Waals surface area contributed by atoms with Crippen molar-refractivity contribution in [3.63, 3.8) is 0 Å². The topological polar surface area (TPSA) is 44.3 Å². The molecule has 0 radical (unpaired) electrons. The summed E-state index contributed by atoms with van der Waals surface area (Å²) in [6.45, 7) is 3.27. The lowest BCUT2D eigenvalue weighted by atomic mass is 10.1. The lowest BCUT2D eigenvalue weighted by Crippen LogP contribution is -2.36. The molecule has 2 aromatic rings. The van der Waals surface area contributed by atoms with Gasteiger partial charge in [-0.2, -0.15) is 4.98 Å². The lowest BCUT2D eigenvalue weighted by molar-refractivity contribution is 0.578. The van der Waals surface area contributed by atoms with Gasteiger partial charge in [-0.05, 0) is 50.3 Å². The molecule has 5 heteroatoms. The normalized spacial score (nSPS) is 19.7. The zero-order valence-electron chi connectivity index (χ0n) is 16.5. The zero-order chi connectivity index (χ0) is 18.8. The molecule has 0 spiro atoms. The van der Waals surface area contributed by atoms with Crippen LogP contribution in [0, 0.1) is 0 Å². The van der Waals surface area contributed by atoms with Crippen LogP contribution < -0.4 is 15.1 Å². The third-order valence-corrected chi connectivity index (χ3v) is 6.26. The first-order valence-corrected chi connectivity index (χ1v) is 10.8. The molecule has 1 aromatic heterocycles. The largest absolute Gasteiger partial charge is 0.371 e. The van der Waals surface area contributed by atoms with Gasteiger partial charge in [0, 0.05) is 48.8 Å². The van der Waals surface area contributed by atoms with Crippen molar-refractivity contribution in [2.75, 3.05) is 34.8 Å². The van der Waals surface area contributed by atoms with Crippen LogP contribution in [0.3, 0.4) is 0 Å². The van der Waals surface area contributed by atoms with E-state index in [1.54, 1.807) is 0 Å². The van der Waals surface area contributed by atoms with Crippen LogP contribution in [0.25, 0.3) is 6.08 Å². The molecule has 1 aliphatic carbocycles. The molecule has 2 aliphatic heterocycles. The smallest absolute Gasteiger partial charge is 0.229 e. The van der Waals surface area contributed by atoms with Gasteiger partial charge in [-0.1, -0.05) is 31.1 Å². The van der Waals surface area contributed by atoms with E-state index >= 15 is 0 Å². The molecule has 28 heavy (non-hydrogen) atoms. The van der Waals surface area contributed by atoms with Crippen molar-refractivity contribution in [3.05, 3.63) is 42.1 Å². The second-order valence-electron chi connectivity index (χ2n) is 8.19. The first kappa shape index (κ1) is 17.5. The number of fused-ring (bicyclic) bond motifs is 1. The van der Waals surface area contributed by atoms with E-state index in [1.165, 1.54) is 50.6 Å². The molecular formula is C23H29N5. The van der Waals surface area contributed by atoms with Crippen LogP contribution in [0.1, 0.15) is 50.5 Å². The maximum atomic E-state index is 4.92. The SMILES string of the molecule is C1=Cc2cnc(Nc3cccc(N4CCCCC4)c3)nc2N(C2CCCC2)C1. The maximum absolute atomic E-state index is 4.92. The van der Waals surface area contributed by atoms with Crippen LogP contribution >= 0.6 is 0 Å². The standard InChI is InChI=1S/C23H29N5/c1-4-13-27(14-5-1)21-12-6-9-19(16-21)25-23-24-17-18-8-7-15-28(22(18)26-23)20-10-2-3-11-20/h6-9,12,16-17,20H,1-5,10-11,13-15H2,(H,24,25,26). The molecule has 5 nitrogen and oxygen atoms in total. The molecule has 2 fully saturated rings. The number of rotatable bonds is 4. The first-order chi connectivity index (χ1) is 13.9. The van der Waals surface area contributed by atoms with Gasteiger partial charge in [0.1, 0.15) is 5.82 Å². The van der Waals surface area contributed by atoms with Crippen LogP contribution in [0.5, 0.6) is 0 Å². The Morgan fingerprint density at radius 2 is 1.86 bits per heavy atom. The highest BCUT2D eigenvalue weighted by Crippen LogP contribution is 2.33. The first-order valence-electron chi connectivity index (χ1n) is 10.8. The highest BCUT2D eigenvalue weighted by molar-refractivity contribution is 5.70. The number of nitrogens with zero attached hydrogens (tertiary/aromatic N) is 4. The number of aromatic nitrogens is 2. The van der Waals surface area contributed by atoms with Gasteiger partial charge < -0.3 is 15.1 Å². The molecule has 1 saturated carbocycles. The number of anilines is 4. The summed E-state index contributed by atoms with van der Waals surface area (Å²) in [5, 5.41) is 3.45. The van der Waals surface area contributed by atoms with E-state index in [4.69, 9.17) is 4.98 Å². The second-order valence-corrected chi connectivity index (χ2v) is 8.19. The summed E-state index contributed by atoms with van der Waals surface area (Å²) in [4.78, 5) is 14.4. The van der Waals surface area contributed by atoms with Crippen molar-refractivity contribution in [2.45, 2.75) is 51.0 Å². The zero-order valence-corrected chi connectivity index (χ0v) is 16.5. The van der Waals surface area contributed by atoms with Gasteiger partial charge in [0.05, 0.1) is 0 Å². The Labute approximate surface area is 167 Å². The highest BCUT2D eigenvalue weighted by atomic mass is 15.3. The molecule has 1 N–H and O–H groups in total. The van der Waals surface area contributed by atoms with E-state index < -0.39 is 0 Å². The molecule has 146 valence electrons. The van der Waals surface area contributed by atoms with E-state index in [0.29, 0.717) is 12.0 Å². The Hall–Kier alpha value is -2.56. The Kier molecular flexibility index (Phi) is 4.90. The van der Waals surface area contributed by atoms with Crippen molar-refractivity contribution < 1.29 is 0 Å². The molecule has 3 heterocycles. The number of benzene rings is 1. The average Bonchev–Trinajstić information content (AvgIpc) is 3.29. The summed E-state index contributed by atoms with van der Waals surface area (Å²) in [6, 6.07) is 9.27. The van der Waals surface area contributed by atoms with Gasteiger partial charge in [0.15, 0.2) is 0 Å². The molecule has 0 bridgehead atoms. The fourth-order valence-corrected chi connectivity index (χ4v) is 4.77. The molecule has 1 aromatic carbocycles. The fourth-order valence-electron chi connectivity index (χ4n) is 4.77. The molecule has 1 saturated heterocycles. The summed E-state index contributed by atoms with van der Waals surface area (Å²) in [5.74, 6) is 1.77. The Balaban J connectivity index is 1.37. The summed E-state index contributed by atoms with van der Waals surface area (Å²) in [6.07, 6.45) is 15.5. The van der Waals surface area contributed by atoms with Gasteiger partial charge in [0.2, 0.25) is 5.95 Å². The second kappa shape index (κ2) is 7.82. The highest BCUT2D eigenvalue weighted by Gasteiger charge is 2.26. The van der Waals surface area contributed by atoms with Gasteiger partial charge in [-0.15, -0.1) is 0 Å². The van der Waals surface area contributed by atoms with Crippen molar-refractivity contribution in [1.29, 1.82) is 0 Å². The Morgan fingerprint density at radius 3 is 2.71 bits per heavy atom. The van der Waals surface area contributed by atoms with E-state index in [1.807, 2.05) is 6.20 Å². The van der Waals surface area contributed by atoms with Crippen molar-refractivity contribution in [1.82, 2.24) is 9.97 Å². The van der Waals surface area contributed by atoms with Gasteiger partial charge >= 0.3 is 0 Å². The van der Waals surface area contributed by atoms with Gasteiger partial charge in [0.25, 0.3) is 0 Å². The molecule has 3 aliphatic rings. The molecule has 0 atom stereocenters. The van der Waals surface area contributed by atoms with E-state index in [9.17, 15) is 0 Å². The molecule has 0 amide bonds. The number of nitrogens with one attached hydrogen (secondary N) is 1. The number of hydrogen-bond donors (Lipinski definition) is 1. The molecular weight excluding hydrogens is 346 g/mol. The minimum atomic E-state index is 0.619. The van der Waals surface area contributed by atoms with Crippen LogP contribution in [0.4, 0.5) is 23.1 Å². The van der Waals surface area contributed by atoms with Crippen molar-refractivity contribution in [2.24, 2.45) is 0 Å². The van der Waals surface area contributed by atoms with Gasteiger partial charge in [-0.3, -0.25) is 0 Å². The van der Waals surface area contributed by atoms with E-state index in [-0.39, 0.29) is 0 Å². The minimum Gasteiger partial charge on any atom is -0.371 e. The predicted octanol–water partition coefficient (Wildman–Crippen LogP) is 4.99. The van der Waals surface area contributed by atoms with E-state index in [0.717, 1.165) is 36.7 Å². The maximum Gasteiger partial charge on any atom is 0.229 e. The number of hydrogen-bond acceptors (Lipinski definition) is 5. The van der Waals surface area contributed by atoms with Crippen molar-refractivity contribution in [3.8, 4) is 0 Å². The molecule has 5 rings (SSSR count). The van der Waals surface area contributed by atoms with Crippen LogP contribution in [-0.2, 0) is 0 Å². The molecule has 0 unspecified atom stereocenters. The summed E-state index contributed by atoms with van der Waals surface area (Å²) in [5.41, 5.74) is 3.48. The lowest BCUT2D eigenvalue weighted by Gasteiger charge is -2.32. The van der Waals surface area contributed by atoms with E-state index in [2.05, 4.69) is 56.5 Å². The average molecular weight is 376 g/mol. The summed E-state index contributed by atoms with van der Waals surface area (Å²) >= 11 is 0. The quantitative estimate of drug-likeness (QED) is 0.816. The number of piperidine rings is 1. The third-order valence-electron chi connectivity index (χ3n) is 6.26. The minimum absolute atomic E-state index is 0.619. The fraction of sp³-hybridized carbons (Fsp3) is 0.478. The van der Waals surface area contributed by atoms with Crippen LogP contribution in [0.2, 0.25) is 0 Å². The Morgan fingerprint density at radius 1 is 1.00 bits per heavy atom. The summed E-state index contributed by atoms with van der Waals surface area (Å²) < 4.78 is 0. The predicted molar refractivity (Wildman–Crippen MR) is 116 cm³/mol.